The number of benzene rings is 1. The molecule has 2 aromatic heterocycles. The molecule has 0 atom stereocenters. The number of rotatable bonds is 8. The van der Waals surface area contributed by atoms with Crippen LogP contribution >= 0.6 is 0 Å². The van der Waals surface area contributed by atoms with Gasteiger partial charge in [-0.2, -0.15) is 9.78 Å². The lowest BCUT2D eigenvalue weighted by Crippen LogP contribution is -2.31. The smallest absolute Gasteiger partial charge is 0.292 e. The first-order valence-corrected chi connectivity index (χ1v) is 10.3. The Morgan fingerprint density at radius 1 is 1.19 bits per heavy atom. The topological polar surface area (TPSA) is 140 Å². The van der Waals surface area contributed by atoms with Crippen LogP contribution in [0.25, 0.3) is 5.82 Å². The molecule has 31 heavy (non-hydrogen) atoms. The van der Waals surface area contributed by atoms with Crippen molar-refractivity contribution in [1.29, 1.82) is 0 Å². The van der Waals surface area contributed by atoms with Crippen molar-refractivity contribution in [3.05, 3.63) is 47.3 Å². The van der Waals surface area contributed by atoms with Gasteiger partial charge in [0.15, 0.2) is 5.69 Å². The highest BCUT2D eigenvalue weighted by Gasteiger charge is 2.26. The van der Waals surface area contributed by atoms with Gasteiger partial charge in [-0.3, -0.25) is 9.69 Å². The van der Waals surface area contributed by atoms with Crippen LogP contribution in [0, 0.1) is 0 Å². The summed E-state index contributed by atoms with van der Waals surface area (Å²) in [5.41, 5.74) is 10.3. The lowest BCUT2D eigenvalue weighted by molar-refractivity contribution is 0.0944. The molecule has 3 heterocycles. The maximum atomic E-state index is 13.0. The lowest BCUT2D eigenvalue weighted by atomic mass is 10.1. The van der Waals surface area contributed by atoms with E-state index in [1.807, 2.05) is 18.2 Å². The predicted octanol–water partition coefficient (Wildman–Crippen LogP) is 1.57. The highest BCUT2D eigenvalue weighted by atomic mass is 16.6. The van der Waals surface area contributed by atoms with Crippen molar-refractivity contribution in [1.82, 2.24) is 35.6 Å². The Bertz CT molecular complexity index is 1020. The molecule has 3 aromatic rings. The van der Waals surface area contributed by atoms with Crippen molar-refractivity contribution in [2.45, 2.75) is 38.6 Å². The van der Waals surface area contributed by atoms with Gasteiger partial charge in [-0.25, -0.2) is 10.1 Å². The van der Waals surface area contributed by atoms with Crippen molar-refractivity contribution in [3.8, 4) is 5.82 Å². The van der Waals surface area contributed by atoms with Crippen LogP contribution in [-0.4, -0.2) is 55.4 Å². The standard InChI is InChI=1S/C20H25N9O2/c21-18-19(26-31-25-18)29-17(16(23-27-29)14-28-12-5-2-6-13-28)20(30)24-22-11-7-10-15-8-3-1-4-9-15/h1,3-4,8-9,11H,2,5-7,10,12-14H2,(H2,21,25)(H,24,30). The molecule has 1 saturated heterocycles. The predicted molar refractivity (Wildman–Crippen MR) is 113 cm³/mol. The summed E-state index contributed by atoms with van der Waals surface area (Å²) in [7, 11) is 0. The molecule has 1 aliphatic heterocycles. The summed E-state index contributed by atoms with van der Waals surface area (Å²) < 4.78 is 5.91. The third kappa shape index (κ3) is 5.12. The molecule has 0 bridgehead atoms. The minimum Gasteiger partial charge on any atom is -0.378 e. The van der Waals surface area contributed by atoms with Gasteiger partial charge < -0.3 is 5.73 Å². The second-order valence-electron chi connectivity index (χ2n) is 7.38. The number of hydrazone groups is 1. The van der Waals surface area contributed by atoms with Crippen molar-refractivity contribution >= 4 is 17.9 Å². The number of carbonyl (C=O) groups is 1. The summed E-state index contributed by atoms with van der Waals surface area (Å²) in [6, 6.07) is 10.1. The van der Waals surface area contributed by atoms with Gasteiger partial charge in [0.05, 0.1) is 0 Å². The van der Waals surface area contributed by atoms with E-state index < -0.39 is 5.91 Å². The minimum absolute atomic E-state index is 0.0230. The molecular weight excluding hydrogens is 398 g/mol. The van der Waals surface area contributed by atoms with Crippen molar-refractivity contribution < 1.29 is 9.42 Å². The van der Waals surface area contributed by atoms with Gasteiger partial charge in [-0.1, -0.05) is 42.0 Å². The zero-order chi connectivity index (χ0) is 21.5. The summed E-state index contributed by atoms with van der Waals surface area (Å²) in [5, 5.41) is 19.7. The molecule has 0 spiro atoms. The van der Waals surface area contributed by atoms with E-state index >= 15 is 0 Å². The first kappa shape index (κ1) is 20.7. The molecule has 4 rings (SSSR count). The number of nitrogens with one attached hydrogen (secondary N) is 1. The Morgan fingerprint density at radius 2 is 2.00 bits per heavy atom. The molecular formula is C20H25N9O2. The molecule has 0 radical (unpaired) electrons. The Labute approximate surface area is 179 Å². The Kier molecular flexibility index (Phi) is 6.62. The number of hydrogen-bond acceptors (Lipinski definition) is 9. The van der Waals surface area contributed by atoms with Gasteiger partial charge >= 0.3 is 0 Å². The molecule has 1 amide bonds. The molecule has 0 unspecified atom stereocenters. The zero-order valence-electron chi connectivity index (χ0n) is 17.1. The van der Waals surface area contributed by atoms with Gasteiger partial charge in [-0.05, 0) is 54.6 Å². The van der Waals surface area contributed by atoms with Gasteiger partial charge in [0, 0.05) is 12.8 Å². The fourth-order valence-corrected chi connectivity index (χ4v) is 3.56. The first-order chi connectivity index (χ1) is 15.2. The summed E-state index contributed by atoms with van der Waals surface area (Å²) in [4.78, 5) is 15.2. The number of aromatic nitrogens is 5. The second kappa shape index (κ2) is 9.94. The van der Waals surface area contributed by atoms with Crippen LogP contribution in [0.5, 0.6) is 0 Å². The fourth-order valence-electron chi connectivity index (χ4n) is 3.56. The van der Waals surface area contributed by atoms with Crippen LogP contribution < -0.4 is 11.2 Å². The third-order valence-electron chi connectivity index (χ3n) is 5.14. The number of amides is 1. The van der Waals surface area contributed by atoms with E-state index in [4.69, 9.17) is 5.73 Å². The number of carbonyl (C=O) groups excluding carboxylic acids is 1. The van der Waals surface area contributed by atoms with Crippen LogP contribution in [0.15, 0.2) is 40.1 Å². The molecule has 11 heteroatoms. The molecule has 3 N–H and O–H groups in total. The number of anilines is 1. The second-order valence-corrected chi connectivity index (χ2v) is 7.38. The van der Waals surface area contributed by atoms with Crippen LogP contribution in [0.3, 0.4) is 0 Å². The molecule has 1 aromatic carbocycles. The molecule has 1 fully saturated rings. The monoisotopic (exact) mass is 423 g/mol. The number of nitrogen functional groups attached to an aromatic ring is 1. The highest BCUT2D eigenvalue weighted by Crippen LogP contribution is 2.19. The van der Waals surface area contributed by atoms with E-state index in [0.717, 1.165) is 32.4 Å². The van der Waals surface area contributed by atoms with Gasteiger partial charge in [0.25, 0.3) is 5.91 Å². The average molecular weight is 423 g/mol. The molecule has 0 saturated carbocycles. The van der Waals surface area contributed by atoms with Crippen LogP contribution in [0.1, 0.15) is 47.4 Å². The maximum absolute atomic E-state index is 13.0. The third-order valence-corrected chi connectivity index (χ3v) is 5.14. The number of nitrogens with zero attached hydrogens (tertiary/aromatic N) is 7. The Morgan fingerprint density at radius 3 is 2.74 bits per heavy atom. The van der Waals surface area contributed by atoms with E-state index in [9.17, 15) is 4.79 Å². The normalized spacial score (nSPS) is 14.8. The zero-order valence-corrected chi connectivity index (χ0v) is 17.1. The number of piperidine rings is 1. The quantitative estimate of drug-likeness (QED) is 0.411. The van der Waals surface area contributed by atoms with Crippen molar-refractivity contribution in [2.24, 2.45) is 5.10 Å². The van der Waals surface area contributed by atoms with Gasteiger partial charge in [0.1, 0.15) is 5.69 Å². The fraction of sp³-hybridized carbons (Fsp3) is 0.400. The Balaban J connectivity index is 1.47. The Hall–Kier alpha value is -3.60. The summed E-state index contributed by atoms with van der Waals surface area (Å²) >= 11 is 0. The summed E-state index contributed by atoms with van der Waals surface area (Å²) in [5.74, 6) is -0.305. The SMILES string of the molecule is Nc1nonc1-n1nnc(CN2CCCCC2)c1C(=O)NN=CCCc1ccccc1. The van der Waals surface area contributed by atoms with Gasteiger partial charge in [0.2, 0.25) is 11.6 Å². The largest absolute Gasteiger partial charge is 0.378 e. The summed E-state index contributed by atoms with van der Waals surface area (Å²) in [6.07, 6.45) is 6.68. The van der Waals surface area contributed by atoms with E-state index in [-0.39, 0.29) is 17.3 Å². The van der Waals surface area contributed by atoms with Crippen molar-refractivity contribution in [2.75, 3.05) is 18.8 Å². The number of likely N-dealkylation sites (tertiary alicyclic amines) is 1. The van der Waals surface area contributed by atoms with E-state index in [1.54, 1.807) is 6.21 Å². The van der Waals surface area contributed by atoms with Crippen LogP contribution in [0.2, 0.25) is 0 Å². The van der Waals surface area contributed by atoms with E-state index in [1.165, 1.54) is 16.7 Å². The average Bonchev–Trinajstić information content (AvgIpc) is 3.40. The van der Waals surface area contributed by atoms with E-state index in [2.05, 4.69) is 52.8 Å². The van der Waals surface area contributed by atoms with Crippen molar-refractivity contribution in [3.63, 3.8) is 0 Å². The molecule has 162 valence electrons. The van der Waals surface area contributed by atoms with Gasteiger partial charge in [-0.15, -0.1) is 5.10 Å². The molecule has 1 aliphatic rings. The minimum atomic E-state index is -0.449. The number of nitrogens with two attached hydrogens (primary N) is 1. The highest BCUT2D eigenvalue weighted by molar-refractivity contribution is 5.94. The number of aryl methyl sites for hydroxylation is 1. The molecule has 0 aliphatic carbocycles. The molecule has 11 nitrogen and oxygen atoms in total. The lowest BCUT2D eigenvalue weighted by Gasteiger charge is -2.25. The maximum Gasteiger partial charge on any atom is 0.292 e. The first-order valence-electron chi connectivity index (χ1n) is 10.3. The number of hydrogen-bond donors (Lipinski definition) is 2. The van der Waals surface area contributed by atoms with Crippen LogP contribution in [-0.2, 0) is 13.0 Å². The summed E-state index contributed by atoms with van der Waals surface area (Å²) in [6.45, 7) is 2.42. The van der Waals surface area contributed by atoms with E-state index in [0.29, 0.717) is 18.7 Å². The van der Waals surface area contributed by atoms with Crippen LogP contribution in [0.4, 0.5) is 5.82 Å².